The summed E-state index contributed by atoms with van der Waals surface area (Å²) in [6, 6.07) is 10.4. The van der Waals surface area contributed by atoms with Gasteiger partial charge in [-0.2, -0.15) is 0 Å². The minimum absolute atomic E-state index is 0.265. The molecule has 2 aromatic carbocycles. The van der Waals surface area contributed by atoms with Gasteiger partial charge < -0.3 is 5.43 Å². The summed E-state index contributed by atoms with van der Waals surface area (Å²) >= 11 is 3.32. The van der Waals surface area contributed by atoms with Crippen molar-refractivity contribution in [1.29, 1.82) is 0 Å². The highest BCUT2D eigenvalue weighted by Gasteiger charge is 2.20. The van der Waals surface area contributed by atoms with Crippen molar-refractivity contribution in [3.8, 4) is 0 Å². The quantitative estimate of drug-likeness (QED) is 0.570. The minimum atomic E-state index is -3.66. The molecular weight excluding hydrogens is 354 g/mol. The number of aryl methyl sites for hydroxylation is 2. The molecule has 0 radical (unpaired) electrons. The van der Waals surface area contributed by atoms with Crippen LogP contribution in [0.25, 0.3) is 0 Å². The molecule has 7 heteroatoms. The molecule has 0 aromatic heterocycles. The molecule has 112 valence electrons. The van der Waals surface area contributed by atoms with Gasteiger partial charge in [0.05, 0.1) is 4.90 Å². The predicted molar refractivity (Wildman–Crippen MR) is 88.7 cm³/mol. The van der Waals surface area contributed by atoms with Gasteiger partial charge in [0.1, 0.15) is 0 Å². The molecule has 21 heavy (non-hydrogen) atoms. The first-order chi connectivity index (χ1) is 9.83. The molecule has 0 amide bonds. The average Bonchev–Trinajstić information content (AvgIpc) is 2.36. The van der Waals surface area contributed by atoms with Crippen LogP contribution in [0.2, 0.25) is 0 Å². The van der Waals surface area contributed by atoms with E-state index in [4.69, 9.17) is 5.84 Å². The lowest BCUT2D eigenvalue weighted by atomic mass is 10.1. The Kier molecular flexibility index (Phi) is 4.55. The fourth-order valence-electron chi connectivity index (χ4n) is 2.22. The van der Waals surface area contributed by atoms with Crippen LogP contribution < -0.4 is 16.0 Å². The molecule has 0 spiro atoms. The topological polar surface area (TPSA) is 84.2 Å². The van der Waals surface area contributed by atoms with E-state index in [0.717, 1.165) is 4.47 Å². The molecule has 4 N–H and O–H groups in total. The van der Waals surface area contributed by atoms with Gasteiger partial charge in [0.2, 0.25) is 0 Å². The van der Waals surface area contributed by atoms with Crippen LogP contribution >= 0.6 is 15.9 Å². The summed E-state index contributed by atoms with van der Waals surface area (Å²) in [5, 5.41) is 0. The van der Waals surface area contributed by atoms with Crippen LogP contribution in [0.15, 0.2) is 45.8 Å². The standard InChI is InChI=1S/C14H16BrN3O2S/c1-9-6-13(17-16)7-10(2)14(9)21(19,20)18-12-5-3-4-11(15)8-12/h3-8,17-18H,16H2,1-2H3. The van der Waals surface area contributed by atoms with E-state index in [1.54, 1.807) is 44.2 Å². The monoisotopic (exact) mass is 369 g/mol. The highest BCUT2D eigenvalue weighted by atomic mass is 79.9. The number of nitrogens with two attached hydrogens (primary N) is 1. The summed E-state index contributed by atoms with van der Waals surface area (Å²) in [4.78, 5) is 0.265. The van der Waals surface area contributed by atoms with E-state index in [9.17, 15) is 8.42 Å². The highest BCUT2D eigenvalue weighted by molar-refractivity contribution is 9.10. The van der Waals surface area contributed by atoms with Crippen LogP contribution in [0.5, 0.6) is 0 Å². The second-order valence-corrected chi connectivity index (χ2v) is 7.23. The fourth-order valence-corrected chi connectivity index (χ4v) is 4.12. The number of rotatable bonds is 4. The molecule has 0 aliphatic carbocycles. The maximum atomic E-state index is 12.6. The van der Waals surface area contributed by atoms with Crippen LogP contribution in [-0.2, 0) is 10.0 Å². The largest absolute Gasteiger partial charge is 0.324 e. The maximum Gasteiger partial charge on any atom is 0.262 e. The molecule has 0 bridgehead atoms. The first-order valence-corrected chi connectivity index (χ1v) is 8.47. The van der Waals surface area contributed by atoms with E-state index in [0.29, 0.717) is 22.5 Å². The fraction of sp³-hybridized carbons (Fsp3) is 0.143. The van der Waals surface area contributed by atoms with E-state index in [1.807, 2.05) is 6.07 Å². The van der Waals surface area contributed by atoms with Crippen molar-refractivity contribution in [3.05, 3.63) is 52.0 Å². The van der Waals surface area contributed by atoms with Gasteiger partial charge in [0.25, 0.3) is 10.0 Å². The lowest BCUT2D eigenvalue weighted by Gasteiger charge is -2.14. The second kappa shape index (κ2) is 6.05. The van der Waals surface area contributed by atoms with Crippen LogP contribution in [-0.4, -0.2) is 8.42 Å². The van der Waals surface area contributed by atoms with Gasteiger partial charge in [-0.1, -0.05) is 22.0 Å². The molecule has 2 rings (SSSR count). The molecule has 0 aliphatic heterocycles. The summed E-state index contributed by atoms with van der Waals surface area (Å²) in [7, 11) is -3.66. The Labute approximate surface area is 132 Å². The van der Waals surface area contributed by atoms with E-state index < -0.39 is 10.0 Å². The highest BCUT2D eigenvalue weighted by Crippen LogP contribution is 2.26. The van der Waals surface area contributed by atoms with E-state index in [2.05, 4.69) is 26.1 Å². The third-order valence-electron chi connectivity index (χ3n) is 2.97. The third-order valence-corrected chi connectivity index (χ3v) is 5.15. The average molecular weight is 370 g/mol. The van der Waals surface area contributed by atoms with Crippen molar-refractivity contribution in [3.63, 3.8) is 0 Å². The van der Waals surface area contributed by atoms with E-state index in [1.165, 1.54) is 0 Å². The first kappa shape index (κ1) is 15.8. The van der Waals surface area contributed by atoms with Gasteiger partial charge >= 0.3 is 0 Å². The number of halogens is 1. The van der Waals surface area contributed by atoms with Gasteiger partial charge in [-0.05, 0) is 55.3 Å². The van der Waals surface area contributed by atoms with Crippen LogP contribution in [0, 0.1) is 13.8 Å². The summed E-state index contributed by atoms with van der Waals surface area (Å²) in [6.45, 7) is 3.48. The molecule has 0 saturated carbocycles. The third kappa shape index (κ3) is 3.55. The van der Waals surface area contributed by atoms with Gasteiger partial charge in [-0.15, -0.1) is 0 Å². The van der Waals surface area contributed by atoms with Crippen molar-refractivity contribution >= 4 is 37.3 Å². The molecular formula is C14H16BrN3O2S. The minimum Gasteiger partial charge on any atom is -0.324 e. The summed E-state index contributed by atoms with van der Waals surface area (Å²) < 4.78 is 28.5. The van der Waals surface area contributed by atoms with Crippen LogP contribution in [0.3, 0.4) is 0 Å². The Bertz CT molecular complexity index is 753. The normalized spacial score (nSPS) is 11.2. The number of hydrogen-bond acceptors (Lipinski definition) is 4. The lowest BCUT2D eigenvalue weighted by Crippen LogP contribution is -2.16. The summed E-state index contributed by atoms with van der Waals surface area (Å²) in [5.74, 6) is 5.37. The van der Waals surface area contributed by atoms with E-state index >= 15 is 0 Å². The van der Waals surface area contributed by atoms with Crippen LogP contribution in [0.1, 0.15) is 11.1 Å². The zero-order chi connectivity index (χ0) is 15.6. The number of sulfonamides is 1. The molecule has 0 heterocycles. The number of nitrogens with one attached hydrogen (secondary N) is 2. The molecule has 2 aromatic rings. The zero-order valence-corrected chi connectivity index (χ0v) is 14.0. The molecule has 0 saturated heterocycles. The first-order valence-electron chi connectivity index (χ1n) is 6.20. The van der Waals surface area contributed by atoms with E-state index in [-0.39, 0.29) is 4.90 Å². The predicted octanol–water partition coefficient (Wildman–Crippen LogP) is 3.15. The molecule has 5 nitrogen and oxygen atoms in total. The number of benzene rings is 2. The smallest absolute Gasteiger partial charge is 0.262 e. The molecule has 0 fully saturated rings. The molecule has 0 unspecified atom stereocenters. The second-order valence-electron chi connectivity index (χ2n) is 4.70. The van der Waals surface area contributed by atoms with Crippen LogP contribution in [0.4, 0.5) is 11.4 Å². The Hall–Kier alpha value is -1.57. The Morgan fingerprint density at radius 3 is 2.19 bits per heavy atom. The van der Waals surface area contributed by atoms with Crippen molar-refractivity contribution in [2.24, 2.45) is 5.84 Å². The zero-order valence-electron chi connectivity index (χ0n) is 11.6. The van der Waals surface area contributed by atoms with Crippen molar-refractivity contribution < 1.29 is 8.42 Å². The van der Waals surface area contributed by atoms with Gasteiger partial charge in [-0.25, -0.2) is 8.42 Å². The Morgan fingerprint density at radius 2 is 1.67 bits per heavy atom. The summed E-state index contributed by atoms with van der Waals surface area (Å²) in [6.07, 6.45) is 0. The molecule has 0 aliphatic rings. The van der Waals surface area contributed by atoms with Gasteiger partial charge in [-0.3, -0.25) is 10.6 Å². The molecule has 0 atom stereocenters. The lowest BCUT2D eigenvalue weighted by molar-refractivity contribution is 0.600. The number of hydrazine groups is 1. The number of nitrogen functional groups attached to an aromatic ring is 1. The van der Waals surface area contributed by atoms with Crippen molar-refractivity contribution in [2.75, 3.05) is 10.1 Å². The number of hydrogen-bond donors (Lipinski definition) is 3. The Morgan fingerprint density at radius 1 is 1.05 bits per heavy atom. The van der Waals surface area contributed by atoms with Crippen molar-refractivity contribution in [2.45, 2.75) is 18.7 Å². The number of anilines is 2. The maximum absolute atomic E-state index is 12.6. The van der Waals surface area contributed by atoms with Gasteiger partial charge in [0.15, 0.2) is 0 Å². The van der Waals surface area contributed by atoms with Gasteiger partial charge in [0, 0.05) is 15.8 Å². The van der Waals surface area contributed by atoms with Crippen molar-refractivity contribution in [1.82, 2.24) is 0 Å². The SMILES string of the molecule is Cc1cc(NN)cc(C)c1S(=O)(=O)Nc1cccc(Br)c1. The summed E-state index contributed by atoms with van der Waals surface area (Å²) in [5.41, 5.74) is 4.96. The Balaban J connectivity index is 2.45.